The van der Waals surface area contributed by atoms with Crippen LogP contribution in [0.1, 0.15) is 81.8 Å². The van der Waals surface area contributed by atoms with Gasteiger partial charge in [-0.05, 0) is 84.3 Å². The van der Waals surface area contributed by atoms with Gasteiger partial charge < -0.3 is 9.47 Å². The van der Waals surface area contributed by atoms with Gasteiger partial charge in [0.2, 0.25) is 0 Å². The monoisotopic (exact) mass is 608 g/mol. The molecule has 4 aromatic rings. The first-order valence-corrected chi connectivity index (χ1v) is 15.9. The SMILES string of the molecule is CCCC(CCC(c1ccc(Oc2ccc([N+](=O)[O-])cc2)cc1)c1ccc(Oc2ccc([N+](=O)[O-])cc2)cc1)C1CCCCC1. The van der Waals surface area contributed by atoms with Crippen molar-refractivity contribution in [3.63, 3.8) is 0 Å². The molecular weight excluding hydrogens is 568 g/mol. The molecule has 0 heterocycles. The Bertz CT molecular complexity index is 1430. The lowest BCUT2D eigenvalue weighted by Crippen LogP contribution is -2.19. The lowest BCUT2D eigenvalue weighted by atomic mass is 9.74. The Kier molecular flexibility index (Phi) is 10.8. The van der Waals surface area contributed by atoms with Gasteiger partial charge in [-0.1, -0.05) is 76.1 Å². The number of benzene rings is 4. The van der Waals surface area contributed by atoms with Gasteiger partial charge in [0.1, 0.15) is 23.0 Å². The maximum atomic E-state index is 11.0. The van der Waals surface area contributed by atoms with Gasteiger partial charge in [0.15, 0.2) is 0 Å². The molecule has 0 N–H and O–H groups in total. The molecule has 5 rings (SSSR count). The quantitative estimate of drug-likeness (QED) is 0.104. The van der Waals surface area contributed by atoms with Crippen LogP contribution >= 0.6 is 0 Å². The lowest BCUT2D eigenvalue weighted by molar-refractivity contribution is -0.385. The van der Waals surface area contributed by atoms with Crippen LogP contribution in [0.4, 0.5) is 11.4 Å². The van der Waals surface area contributed by atoms with Gasteiger partial charge in [-0.15, -0.1) is 0 Å². The zero-order valence-electron chi connectivity index (χ0n) is 25.7. The highest BCUT2D eigenvalue weighted by Gasteiger charge is 2.25. The van der Waals surface area contributed by atoms with Crippen molar-refractivity contribution >= 4 is 11.4 Å². The fraction of sp³-hybridized carbons (Fsp3) is 0.351. The largest absolute Gasteiger partial charge is 0.457 e. The number of hydrogen-bond acceptors (Lipinski definition) is 6. The molecule has 0 saturated heterocycles. The van der Waals surface area contributed by atoms with Gasteiger partial charge in [-0.25, -0.2) is 0 Å². The third-order valence-electron chi connectivity index (χ3n) is 8.93. The predicted molar refractivity (Wildman–Crippen MR) is 175 cm³/mol. The maximum absolute atomic E-state index is 11.0. The van der Waals surface area contributed by atoms with Crippen LogP contribution in [0.2, 0.25) is 0 Å². The fourth-order valence-corrected chi connectivity index (χ4v) is 6.58. The molecule has 234 valence electrons. The number of rotatable bonds is 14. The maximum Gasteiger partial charge on any atom is 0.269 e. The summed E-state index contributed by atoms with van der Waals surface area (Å²) in [5.74, 6) is 4.16. The Morgan fingerprint density at radius 2 is 1.00 bits per heavy atom. The average molecular weight is 609 g/mol. The second-order valence-electron chi connectivity index (χ2n) is 11.9. The Morgan fingerprint density at radius 1 is 0.600 bits per heavy atom. The molecule has 0 spiro atoms. The molecule has 4 aromatic carbocycles. The van der Waals surface area contributed by atoms with Crippen molar-refractivity contribution in [3.8, 4) is 23.0 Å². The van der Waals surface area contributed by atoms with Crippen LogP contribution in [0.25, 0.3) is 0 Å². The molecule has 8 heteroatoms. The number of nitrogens with zero attached hydrogens (tertiary/aromatic N) is 2. The zero-order valence-corrected chi connectivity index (χ0v) is 25.7. The summed E-state index contributed by atoms with van der Waals surface area (Å²) >= 11 is 0. The lowest BCUT2D eigenvalue weighted by Gasteiger charge is -2.31. The molecule has 8 nitrogen and oxygen atoms in total. The number of non-ortho nitro benzene ring substituents is 2. The van der Waals surface area contributed by atoms with Crippen molar-refractivity contribution < 1.29 is 19.3 Å². The molecule has 1 unspecified atom stereocenters. The number of hydrogen-bond donors (Lipinski definition) is 0. The van der Waals surface area contributed by atoms with E-state index in [1.807, 2.05) is 24.3 Å². The molecule has 0 amide bonds. The van der Waals surface area contributed by atoms with Gasteiger partial charge in [0.25, 0.3) is 11.4 Å². The van der Waals surface area contributed by atoms with E-state index in [0.717, 1.165) is 18.3 Å². The van der Waals surface area contributed by atoms with E-state index >= 15 is 0 Å². The second kappa shape index (κ2) is 15.3. The highest BCUT2D eigenvalue weighted by molar-refractivity contribution is 5.43. The molecule has 1 saturated carbocycles. The van der Waals surface area contributed by atoms with Crippen molar-refractivity contribution in [1.29, 1.82) is 0 Å². The minimum absolute atomic E-state index is 0.0271. The van der Waals surface area contributed by atoms with Crippen LogP contribution in [0.5, 0.6) is 23.0 Å². The van der Waals surface area contributed by atoms with E-state index in [-0.39, 0.29) is 17.3 Å². The highest BCUT2D eigenvalue weighted by atomic mass is 16.6. The summed E-state index contributed by atoms with van der Waals surface area (Å²) in [7, 11) is 0. The van der Waals surface area contributed by atoms with E-state index in [1.54, 1.807) is 24.3 Å². The minimum atomic E-state index is -0.424. The fourth-order valence-electron chi connectivity index (χ4n) is 6.58. The third-order valence-corrected chi connectivity index (χ3v) is 8.93. The van der Waals surface area contributed by atoms with E-state index in [1.165, 1.54) is 86.8 Å². The first-order chi connectivity index (χ1) is 21.9. The van der Waals surface area contributed by atoms with Gasteiger partial charge in [-0.2, -0.15) is 0 Å². The van der Waals surface area contributed by atoms with Gasteiger partial charge >= 0.3 is 0 Å². The Hall–Kier alpha value is -4.72. The summed E-state index contributed by atoms with van der Waals surface area (Å²) in [4.78, 5) is 21.1. The van der Waals surface area contributed by atoms with Crippen molar-refractivity contribution in [3.05, 3.63) is 128 Å². The zero-order chi connectivity index (χ0) is 31.6. The van der Waals surface area contributed by atoms with E-state index in [4.69, 9.17) is 9.47 Å². The van der Waals surface area contributed by atoms with E-state index in [0.29, 0.717) is 23.0 Å². The molecule has 0 radical (unpaired) electrons. The second-order valence-corrected chi connectivity index (χ2v) is 11.9. The van der Waals surface area contributed by atoms with Crippen LogP contribution < -0.4 is 9.47 Å². The van der Waals surface area contributed by atoms with Crippen LogP contribution in [0, 0.1) is 32.1 Å². The molecule has 0 bridgehead atoms. The van der Waals surface area contributed by atoms with Gasteiger partial charge in [0, 0.05) is 30.2 Å². The number of ether oxygens (including phenoxy) is 2. The number of nitro groups is 2. The Morgan fingerprint density at radius 3 is 1.38 bits per heavy atom. The van der Waals surface area contributed by atoms with Crippen LogP contribution in [-0.2, 0) is 0 Å². The first kappa shape index (κ1) is 31.7. The van der Waals surface area contributed by atoms with E-state index in [9.17, 15) is 20.2 Å². The Labute approximate surface area is 264 Å². The van der Waals surface area contributed by atoms with Crippen molar-refractivity contribution in [2.45, 2.75) is 70.6 Å². The molecule has 45 heavy (non-hydrogen) atoms. The average Bonchev–Trinajstić information content (AvgIpc) is 3.06. The summed E-state index contributed by atoms with van der Waals surface area (Å²) < 4.78 is 12.0. The predicted octanol–water partition coefficient (Wildman–Crippen LogP) is 11.0. The summed E-state index contributed by atoms with van der Waals surface area (Å²) in [5, 5.41) is 22.0. The Balaban J connectivity index is 1.34. The molecule has 1 atom stereocenters. The summed E-state index contributed by atoms with van der Waals surface area (Å²) in [6.07, 6.45) is 11.4. The van der Waals surface area contributed by atoms with Gasteiger partial charge in [-0.3, -0.25) is 20.2 Å². The smallest absolute Gasteiger partial charge is 0.269 e. The van der Waals surface area contributed by atoms with Crippen LogP contribution in [0.3, 0.4) is 0 Å². The van der Waals surface area contributed by atoms with Crippen LogP contribution in [0.15, 0.2) is 97.1 Å². The number of nitro benzene ring substituents is 2. The van der Waals surface area contributed by atoms with Crippen molar-refractivity contribution in [2.75, 3.05) is 0 Å². The highest BCUT2D eigenvalue weighted by Crippen LogP contribution is 2.39. The molecule has 1 aliphatic rings. The molecule has 1 fully saturated rings. The van der Waals surface area contributed by atoms with Crippen molar-refractivity contribution in [1.82, 2.24) is 0 Å². The molecule has 1 aliphatic carbocycles. The summed E-state index contributed by atoms with van der Waals surface area (Å²) in [6.45, 7) is 2.29. The molecule has 0 aromatic heterocycles. The first-order valence-electron chi connectivity index (χ1n) is 15.9. The molecular formula is C37H40N2O6. The molecule has 0 aliphatic heterocycles. The van der Waals surface area contributed by atoms with Gasteiger partial charge in [0.05, 0.1) is 9.85 Å². The van der Waals surface area contributed by atoms with E-state index in [2.05, 4.69) is 31.2 Å². The standard InChI is InChI=1S/C37H40N2O6/c1-2-6-27(28-7-4-3-5-8-28)13-26-37(29-9-18-33(19-10-29)44-35-22-14-31(15-23-35)38(40)41)30-11-20-34(21-12-30)45-36-24-16-32(17-25-36)39(42)43/h9-12,14-25,27-28,37H,2-8,13,26H2,1H3. The summed E-state index contributed by atoms with van der Waals surface area (Å²) in [6, 6.07) is 28.5. The minimum Gasteiger partial charge on any atom is -0.457 e. The van der Waals surface area contributed by atoms with Crippen molar-refractivity contribution in [2.24, 2.45) is 11.8 Å². The topological polar surface area (TPSA) is 105 Å². The van der Waals surface area contributed by atoms with E-state index < -0.39 is 9.85 Å². The normalized spacial score (nSPS) is 14.2. The van der Waals surface area contributed by atoms with Crippen LogP contribution in [-0.4, -0.2) is 9.85 Å². The third kappa shape index (κ3) is 8.69. The summed E-state index contributed by atoms with van der Waals surface area (Å²) in [5.41, 5.74) is 2.46.